The van der Waals surface area contributed by atoms with E-state index in [4.69, 9.17) is 4.74 Å². The Bertz CT molecular complexity index is 481. The topological polar surface area (TPSA) is 27.7 Å². The molecule has 0 aliphatic heterocycles. The van der Waals surface area contributed by atoms with Crippen LogP contribution in [0.4, 0.5) is 22.0 Å². The van der Waals surface area contributed by atoms with Gasteiger partial charge in [0.2, 0.25) is 0 Å². The second-order valence-electron chi connectivity index (χ2n) is 3.83. The molecule has 118 valence electrons. The average Bonchev–Trinajstić information content (AvgIpc) is 2.41. The number of hydrogen-bond acceptors (Lipinski definition) is 3. The molecule has 0 N–H and O–H groups in total. The normalized spacial score (nSPS) is 11.3. The van der Waals surface area contributed by atoms with Crippen molar-refractivity contribution in [3.05, 3.63) is 41.5 Å². The monoisotopic (exact) mass is 312 g/mol. The van der Waals surface area contributed by atoms with Gasteiger partial charge in [-0.15, -0.1) is 0 Å². The molecule has 0 amide bonds. The average molecular weight is 312 g/mol. The van der Waals surface area contributed by atoms with Crippen LogP contribution in [0.15, 0.2) is 30.3 Å². The molecule has 0 heterocycles. The SMILES string of the molecule is COCCOCOC(=C(F)F)c1cccc(C(F)(F)F)c1. The van der Waals surface area contributed by atoms with Crippen LogP contribution in [0.3, 0.4) is 0 Å². The number of ether oxygens (including phenoxy) is 3. The summed E-state index contributed by atoms with van der Waals surface area (Å²) in [7, 11) is 1.43. The summed E-state index contributed by atoms with van der Waals surface area (Å²) in [4.78, 5) is 0. The summed E-state index contributed by atoms with van der Waals surface area (Å²) >= 11 is 0. The Morgan fingerprint density at radius 2 is 1.86 bits per heavy atom. The maximum Gasteiger partial charge on any atom is 0.416 e. The summed E-state index contributed by atoms with van der Waals surface area (Å²) in [5, 5.41) is 0. The van der Waals surface area contributed by atoms with E-state index in [9.17, 15) is 22.0 Å². The van der Waals surface area contributed by atoms with Gasteiger partial charge in [0, 0.05) is 12.7 Å². The van der Waals surface area contributed by atoms with E-state index in [0.717, 1.165) is 18.2 Å². The van der Waals surface area contributed by atoms with Crippen molar-refractivity contribution in [2.24, 2.45) is 0 Å². The van der Waals surface area contributed by atoms with Gasteiger partial charge in [-0.25, -0.2) is 0 Å². The molecule has 0 unspecified atom stereocenters. The molecule has 0 aliphatic rings. The first-order chi connectivity index (χ1) is 9.86. The largest absolute Gasteiger partial charge is 0.461 e. The third kappa shape index (κ3) is 5.68. The van der Waals surface area contributed by atoms with Gasteiger partial charge in [-0.3, -0.25) is 0 Å². The van der Waals surface area contributed by atoms with Crippen molar-refractivity contribution in [2.75, 3.05) is 27.1 Å². The molecule has 0 saturated carbocycles. The molecule has 1 aromatic rings. The lowest BCUT2D eigenvalue weighted by Gasteiger charge is -2.12. The van der Waals surface area contributed by atoms with E-state index >= 15 is 0 Å². The summed E-state index contributed by atoms with van der Waals surface area (Å²) in [6.45, 7) is -0.170. The minimum Gasteiger partial charge on any atom is -0.461 e. The number of hydrogen-bond donors (Lipinski definition) is 0. The predicted molar refractivity (Wildman–Crippen MR) is 64.4 cm³/mol. The van der Waals surface area contributed by atoms with Gasteiger partial charge in [-0.05, 0) is 12.1 Å². The van der Waals surface area contributed by atoms with Crippen molar-refractivity contribution < 1.29 is 36.2 Å². The van der Waals surface area contributed by atoms with Crippen molar-refractivity contribution >= 4 is 5.76 Å². The molecule has 0 aromatic heterocycles. The Kier molecular flexibility index (Phi) is 6.57. The van der Waals surface area contributed by atoms with Gasteiger partial charge in [-0.2, -0.15) is 22.0 Å². The molecule has 3 nitrogen and oxygen atoms in total. The van der Waals surface area contributed by atoms with Crippen molar-refractivity contribution in [3.63, 3.8) is 0 Å². The molecular weight excluding hydrogens is 299 g/mol. The molecule has 1 rings (SSSR count). The summed E-state index contributed by atoms with van der Waals surface area (Å²) in [6.07, 6.45) is -6.85. The van der Waals surface area contributed by atoms with Crippen molar-refractivity contribution in [1.29, 1.82) is 0 Å². The number of benzene rings is 1. The highest BCUT2D eigenvalue weighted by Gasteiger charge is 2.31. The molecule has 0 fully saturated rings. The zero-order valence-corrected chi connectivity index (χ0v) is 11.0. The van der Waals surface area contributed by atoms with Crippen LogP contribution in [-0.2, 0) is 20.4 Å². The Balaban J connectivity index is 2.81. The fourth-order valence-corrected chi connectivity index (χ4v) is 1.39. The van der Waals surface area contributed by atoms with Gasteiger partial charge in [0.1, 0.15) is 0 Å². The lowest BCUT2D eigenvalue weighted by molar-refractivity contribution is -0.137. The van der Waals surface area contributed by atoms with Crippen LogP contribution in [0.1, 0.15) is 11.1 Å². The summed E-state index contributed by atoms with van der Waals surface area (Å²) in [6, 6.07) is 3.49. The van der Waals surface area contributed by atoms with E-state index in [1.54, 1.807) is 0 Å². The van der Waals surface area contributed by atoms with E-state index in [1.807, 2.05) is 0 Å². The maximum atomic E-state index is 12.8. The van der Waals surface area contributed by atoms with Crippen LogP contribution >= 0.6 is 0 Å². The first-order valence-electron chi connectivity index (χ1n) is 5.78. The predicted octanol–water partition coefficient (Wildman–Crippen LogP) is 3.91. The van der Waals surface area contributed by atoms with Crippen LogP contribution in [0.2, 0.25) is 0 Å². The molecule has 1 aromatic carbocycles. The van der Waals surface area contributed by atoms with Crippen molar-refractivity contribution in [3.8, 4) is 0 Å². The fraction of sp³-hybridized carbons (Fsp3) is 0.385. The zero-order chi connectivity index (χ0) is 15.9. The Labute approximate surface area is 117 Å². The van der Waals surface area contributed by atoms with Gasteiger partial charge in [0.15, 0.2) is 12.6 Å². The fourth-order valence-electron chi connectivity index (χ4n) is 1.39. The third-order valence-corrected chi connectivity index (χ3v) is 2.34. The first-order valence-corrected chi connectivity index (χ1v) is 5.78. The van der Waals surface area contributed by atoms with Crippen LogP contribution in [-0.4, -0.2) is 27.1 Å². The standard InChI is InChI=1S/C13H13F5O3/c1-19-5-6-20-8-21-11(12(14)15)9-3-2-4-10(7-9)13(16,17)18/h2-4,7H,5-6,8H2,1H3. The highest BCUT2D eigenvalue weighted by atomic mass is 19.4. The van der Waals surface area contributed by atoms with E-state index in [0.29, 0.717) is 6.07 Å². The lowest BCUT2D eigenvalue weighted by Crippen LogP contribution is -2.08. The molecule has 0 radical (unpaired) electrons. The minimum atomic E-state index is -4.62. The molecule has 0 saturated heterocycles. The van der Waals surface area contributed by atoms with Crippen LogP contribution in [0.5, 0.6) is 0 Å². The molecule has 21 heavy (non-hydrogen) atoms. The highest BCUT2D eigenvalue weighted by molar-refractivity contribution is 5.61. The van der Waals surface area contributed by atoms with E-state index in [1.165, 1.54) is 7.11 Å². The van der Waals surface area contributed by atoms with Gasteiger partial charge in [0.05, 0.1) is 18.8 Å². The summed E-state index contributed by atoms with van der Waals surface area (Å²) < 4.78 is 77.4. The van der Waals surface area contributed by atoms with Gasteiger partial charge >= 0.3 is 12.3 Å². The van der Waals surface area contributed by atoms with Gasteiger partial charge in [-0.1, -0.05) is 12.1 Å². The number of rotatable bonds is 7. The van der Waals surface area contributed by atoms with E-state index < -0.39 is 30.4 Å². The van der Waals surface area contributed by atoms with E-state index in [-0.39, 0.29) is 18.8 Å². The third-order valence-electron chi connectivity index (χ3n) is 2.34. The molecule has 0 spiro atoms. The Morgan fingerprint density at radius 3 is 2.43 bits per heavy atom. The smallest absolute Gasteiger partial charge is 0.416 e. The van der Waals surface area contributed by atoms with E-state index in [2.05, 4.69) is 9.47 Å². The Morgan fingerprint density at radius 1 is 1.14 bits per heavy atom. The quantitative estimate of drug-likeness (QED) is 0.331. The highest BCUT2D eigenvalue weighted by Crippen LogP contribution is 2.32. The van der Waals surface area contributed by atoms with Gasteiger partial charge < -0.3 is 14.2 Å². The second kappa shape index (κ2) is 7.94. The van der Waals surface area contributed by atoms with Crippen LogP contribution in [0, 0.1) is 0 Å². The summed E-state index contributed by atoms with van der Waals surface area (Å²) in [5.74, 6) is -0.946. The minimum absolute atomic E-state index is 0.111. The molecule has 0 atom stereocenters. The molecule has 8 heteroatoms. The lowest BCUT2D eigenvalue weighted by atomic mass is 10.1. The summed E-state index contributed by atoms with van der Waals surface area (Å²) in [5.41, 5.74) is -1.41. The molecule has 0 bridgehead atoms. The first kappa shape index (κ1) is 17.4. The zero-order valence-electron chi connectivity index (χ0n) is 11.0. The second-order valence-corrected chi connectivity index (χ2v) is 3.83. The molecular formula is C13H13F5O3. The number of alkyl halides is 3. The number of methoxy groups -OCH3 is 1. The van der Waals surface area contributed by atoms with Crippen molar-refractivity contribution in [2.45, 2.75) is 6.18 Å². The molecule has 0 aliphatic carbocycles. The van der Waals surface area contributed by atoms with Crippen LogP contribution in [0.25, 0.3) is 5.76 Å². The number of halogens is 5. The Hall–Kier alpha value is -1.67. The van der Waals surface area contributed by atoms with Crippen LogP contribution < -0.4 is 0 Å². The van der Waals surface area contributed by atoms with Crippen molar-refractivity contribution in [1.82, 2.24) is 0 Å². The van der Waals surface area contributed by atoms with Gasteiger partial charge in [0.25, 0.3) is 0 Å². The maximum absolute atomic E-state index is 12.8.